The van der Waals surface area contributed by atoms with Gasteiger partial charge in [0.1, 0.15) is 12.4 Å². The maximum absolute atomic E-state index is 11.1. The van der Waals surface area contributed by atoms with Crippen molar-refractivity contribution in [2.24, 2.45) is 0 Å². The van der Waals surface area contributed by atoms with Gasteiger partial charge >= 0.3 is 0 Å². The van der Waals surface area contributed by atoms with Crippen LogP contribution < -0.4 is 4.74 Å². The van der Waals surface area contributed by atoms with E-state index in [1.807, 2.05) is 36.4 Å². The van der Waals surface area contributed by atoms with Crippen molar-refractivity contribution in [2.45, 2.75) is 6.61 Å². The average molecular weight is 286 g/mol. The normalized spacial score (nSPS) is 12.4. The van der Waals surface area contributed by atoms with E-state index in [2.05, 4.69) is 0 Å². The van der Waals surface area contributed by atoms with Gasteiger partial charge in [0, 0.05) is 11.6 Å². The molecule has 2 aromatic carbocycles. The van der Waals surface area contributed by atoms with Crippen LogP contribution >= 0.6 is 0 Å². The lowest BCUT2D eigenvalue weighted by Crippen LogP contribution is -2.00. The van der Waals surface area contributed by atoms with Gasteiger partial charge in [0.25, 0.3) is 0 Å². The van der Waals surface area contributed by atoms with E-state index in [1.54, 1.807) is 18.2 Å². The van der Waals surface area contributed by atoms with Crippen LogP contribution in [-0.4, -0.2) is 12.7 Å². The molecule has 5 heteroatoms. The van der Waals surface area contributed by atoms with E-state index in [0.29, 0.717) is 17.9 Å². The molecule has 1 atom stereocenters. The molecule has 1 aromatic heterocycles. The molecule has 0 saturated carbocycles. The number of hydrogen-bond donors (Lipinski definition) is 0. The van der Waals surface area contributed by atoms with Crippen LogP contribution in [-0.2, 0) is 17.9 Å². The molecule has 0 spiro atoms. The third-order valence-electron chi connectivity index (χ3n) is 3.05. The molecular formula is C15H12NO3S-. The van der Waals surface area contributed by atoms with Gasteiger partial charge < -0.3 is 9.29 Å². The summed E-state index contributed by atoms with van der Waals surface area (Å²) in [7, 11) is 0. The van der Waals surface area contributed by atoms with Crippen molar-refractivity contribution in [2.75, 3.05) is 0 Å². The monoisotopic (exact) mass is 286 g/mol. The third-order valence-corrected chi connectivity index (χ3v) is 3.69. The molecule has 0 aliphatic carbocycles. The molecule has 0 saturated heterocycles. The zero-order valence-electron chi connectivity index (χ0n) is 10.6. The molecule has 0 fully saturated rings. The van der Waals surface area contributed by atoms with E-state index < -0.39 is 11.3 Å². The summed E-state index contributed by atoms with van der Waals surface area (Å²) in [6.07, 6.45) is 1.52. The fourth-order valence-corrected chi connectivity index (χ4v) is 2.59. The smallest absolute Gasteiger partial charge is 0.129 e. The molecule has 0 aliphatic heterocycles. The van der Waals surface area contributed by atoms with Gasteiger partial charge in [-0.3, -0.25) is 8.18 Å². The minimum Gasteiger partial charge on any atom is -0.755 e. The highest BCUT2D eigenvalue weighted by atomic mass is 32.2. The minimum atomic E-state index is -2.31. The highest BCUT2D eigenvalue weighted by Crippen LogP contribution is 2.27. The molecule has 20 heavy (non-hydrogen) atoms. The molecule has 0 radical (unpaired) electrons. The number of ether oxygens (including phenoxy) is 1. The van der Waals surface area contributed by atoms with Crippen LogP contribution in [0.1, 0.15) is 5.56 Å². The molecule has 1 heterocycles. The SMILES string of the molecule is O=S([O-])n1ccc2c(OCc3ccccc3)cccc21. The molecule has 0 N–H and O–H groups in total. The highest BCUT2D eigenvalue weighted by molar-refractivity contribution is 7.77. The Morgan fingerprint density at radius 2 is 1.85 bits per heavy atom. The number of fused-ring (bicyclic) bond motifs is 1. The molecule has 102 valence electrons. The zero-order valence-corrected chi connectivity index (χ0v) is 11.4. The van der Waals surface area contributed by atoms with E-state index >= 15 is 0 Å². The summed E-state index contributed by atoms with van der Waals surface area (Å²) in [6, 6.07) is 16.9. The van der Waals surface area contributed by atoms with Crippen molar-refractivity contribution in [1.82, 2.24) is 3.97 Å². The first-order chi connectivity index (χ1) is 9.75. The first kappa shape index (κ1) is 12.9. The van der Waals surface area contributed by atoms with Crippen LogP contribution in [0.15, 0.2) is 60.8 Å². The second-order valence-electron chi connectivity index (χ2n) is 4.32. The number of nitrogens with zero attached hydrogens (tertiary/aromatic N) is 1. The topological polar surface area (TPSA) is 54.3 Å². The number of benzene rings is 2. The Labute approximate surface area is 119 Å². The standard InChI is InChI=1S/C15H13NO3S/c17-20(18)16-10-9-13-14(16)7-4-8-15(13)19-11-12-5-2-1-3-6-12/h1-10H,11H2,(H,17,18)/p-1. The lowest BCUT2D eigenvalue weighted by molar-refractivity contribution is 0.310. The van der Waals surface area contributed by atoms with Crippen LogP contribution in [0.25, 0.3) is 10.9 Å². The predicted octanol–water partition coefficient (Wildman–Crippen LogP) is 2.86. The number of aromatic nitrogens is 1. The summed E-state index contributed by atoms with van der Waals surface area (Å²) >= 11 is -2.31. The summed E-state index contributed by atoms with van der Waals surface area (Å²) in [4.78, 5) is 0. The lowest BCUT2D eigenvalue weighted by atomic mass is 10.2. The molecule has 0 amide bonds. The second-order valence-corrected chi connectivity index (χ2v) is 5.15. The van der Waals surface area contributed by atoms with Crippen LogP contribution in [0, 0.1) is 0 Å². The van der Waals surface area contributed by atoms with Gasteiger partial charge in [-0.25, -0.2) is 0 Å². The van der Waals surface area contributed by atoms with Gasteiger partial charge in [-0.1, -0.05) is 36.4 Å². The number of hydrogen-bond acceptors (Lipinski definition) is 3. The van der Waals surface area contributed by atoms with Crippen molar-refractivity contribution in [3.8, 4) is 5.75 Å². The van der Waals surface area contributed by atoms with Gasteiger partial charge in [-0.15, -0.1) is 0 Å². The molecule has 0 aliphatic rings. The van der Waals surface area contributed by atoms with E-state index in [1.165, 1.54) is 10.2 Å². The van der Waals surface area contributed by atoms with Crippen LogP contribution in [0.5, 0.6) is 5.75 Å². The molecule has 3 aromatic rings. The Kier molecular flexibility index (Phi) is 3.54. The largest absolute Gasteiger partial charge is 0.755 e. The van der Waals surface area contributed by atoms with Gasteiger partial charge in [0.15, 0.2) is 0 Å². The van der Waals surface area contributed by atoms with Crippen molar-refractivity contribution in [3.05, 3.63) is 66.4 Å². The Balaban J connectivity index is 1.90. The fourth-order valence-electron chi connectivity index (χ4n) is 2.11. The summed E-state index contributed by atoms with van der Waals surface area (Å²) < 4.78 is 29.1. The molecule has 1 unspecified atom stereocenters. The molecule has 3 rings (SSSR count). The lowest BCUT2D eigenvalue weighted by Gasteiger charge is -2.10. The average Bonchev–Trinajstić information content (AvgIpc) is 2.91. The van der Waals surface area contributed by atoms with E-state index in [9.17, 15) is 8.76 Å². The Morgan fingerprint density at radius 3 is 2.60 bits per heavy atom. The van der Waals surface area contributed by atoms with Crippen LogP contribution in [0.2, 0.25) is 0 Å². The predicted molar refractivity (Wildman–Crippen MR) is 77.0 cm³/mol. The van der Waals surface area contributed by atoms with E-state index in [4.69, 9.17) is 4.74 Å². The van der Waals surface area contributed by atoms with Gasteiger partial charge in [0.05, 0.1) is 16.8 Å². The van der Waals surface area contributed by atoms with Gasteiger partial charge in [-0.2, -0.15) is 0 Å². The first-order valence-electron chi connectivity index (χ1n) is 6.12. The van der Waals surface area contributed by atoms with Gasteiger partial charge in [-0.05, 0) is 23.8 Å². The zero-order chi connectivity index (χ0) is 13.9. The second kappa shape index (κ2) is 5.48. The summed E-state index contributed by atoms with van der Waals surface area (Å²) in [5.74, 6) is 0.676. The Morgan fingerprint density at radius 1 is 1.05 bits per heavy atom. The fraction of sp³-hybridized carbons (Fsp3) is 0.0667. The summed E-state index contributed by atoms with van der Waals surface area (Å²) in [5, 5.41) is 0.785. The first-order valence-corrected chi connectivity index (χ1v) is 7.15. The maximum atomic E-state index is 11.1. The Bertz CT molecular complexity index is 752. The molecule has 4 nitrogen and oxygen atoms in total. The Hall–Kier alpha value is -2.11. The maximum Gasteiger partial charge on any atom is 0.129 e. The third kappa shape index (κ3) is 2.45. The highest BCUT2D eigenvalue weighted by Gasteiger charge is 2.07. The van der Waals surface area contributed by atoms with Crippen molar-refractivity contribution < 1.29 is 13.5 Å². The quantitative estimate of drug-likeness (QED) is 0.693. The van der Waals surface area contributed by atoms with E-state index in [0.717, 1.165) is 10.9 Å². The van der Waals surface area contributed by atoms with Crippen LogP contribution in [0.3, 0.4) is 0 Å². The number of rotatable bonds is 4. The van der Waals surface area contributed by atoms with Crippen LogP contribution in [0.4, 0.5) is 0 Å². The van der Waals surface area contributed by atoms with Crippen molar-refractivity contribution in [3.63, 3.8) is 0 Å². The van der Waals surface area contributed by atoms with E-state index in [-0.39, 0.29) is 0 Å². The molecule has 0 bridgehead atoms. The van der Waals surface area contributed by atoms with Crippen molar-refractivity contribution >= 4 is 22.2 Å². The van der Waals surface area contributed by atoms with Crippen molar-refractivity contribution in [1.29, 1.82) is 0 Å². The minimum absolute atomic E-state index is 0.450. The molecular weight excluding hydrogens is 274 g/mol. The summed E-state index contributed by atoms with van der Waals surface area (Å²) in [5.41, 5.74) is 1.68. The van der Waals surface area contributed by atoms with Gasteiger partial charge in [0.2, 0.25) is 0 Å². The summed E-state index contributed by atoms with van der Waals surface area (Å²) in [6.45, 7) is 0.450.